The van der Waals surface area contributed by atoms with Gasteiger partial charge in [-0.25, -0.2) is 0 Å². The predicted octanol–water partition coefficient (Wildman–Crippen LogP) is 2.83. The molecule has 2 rings (SSSR count). The molecule has 0 aromatic rings. The molecule has 0 radical (unpaired) electrons. The Kier molecular flexibility index (Phi) is 4.00. The SMILES string of the molecule is CC1(C=CC(=O)N2CCC=CC2=O)CCCCC1. The van der Waals surface area contributed by atoms with Crippen molar-refractivity contribution in [3.63, 3.8) is 0 Å². The van der Waals surface area contributed by atoms with Gasteiger partial charge in [-0.15, -0.1) is 0 Å². The van der Waals surface area contributed by atoms with E-state index in [2.05, 4.69) is 6.92 Å². The molecule has 0 aromatic heterocycles. The van der Waals surface area contributed by atoms with Crippen LogP contribution in [0.1, 0.15) is 45.4 Å². The highest BCUT2D eigenvalue weighted by atomic mass is 16.2. The first-order chi connectivity index (χ1) is 8.61. The molecule has 2 aliphatic rings. The Morgan fingerprint density at radius 3 is 2.72 bits per heavy atom. The molecule has 3 heteroatoms. The molecule has 1 fully saturated rings. The van der Waals surface area contributed by atoms with Crippen molar-refractivity contribution >= 4 is 11.8 Å². The van der Waals surface area contributed by atoms with Gasteiger partial charge in [0.1, 0.15) is 0 Å². The Bertz CT molecular complexity index is 389. The van der Waals surface area contributed by atoms with Crippen molar-refractivity contribution in [1.82, 2.24) is 4.90 Å². The van der Waals surface area contributed by atoms with Crippen molar-refractivity contribution in [2.45, 2.75) is 45.4 Å². The fraction of sp³-hybridized carbons (Fsp3) is 0.600. The monoisotopic (exact) mass is 247 g/mol. The van der Waals surface area contributed by atoms with Gasteiger partial charge >= 0.3 is 0 Å². The standard InChI is InChI=1S/C15H21NO2/c1-15(9-4-2-5-10-15)11-8-14(18)16-12-6-3-7-13(16)17/h3,7-8,11H,2,4-6,9-10,12H2,1H3. The van der Waals surface area contributed by atoms with Crippen molar-refractivity contribution in [2.75, 3.05) is 6.54 Å². The number of carbonyl (C=O) groups is 2. The maximum absolute atomic E-state index is 12.0. The van der Waals surface area contributed by atoms with E-state index in [1.165, 1.54) is 30.2 Å². The van der Waals surface area contributed by atoms with Gasteiger partial charge in [0.25, 0.3) is 11.8 Å². The molecule has 0 saturated heterocycles. The van der Waals surface area contributed by atoms with Gasteiger partial charge in [-0.3, -0.25) is 14.5 Å². The van der Waals surface area contributed by atoms with Crippen molar-refractivity contribution in [3.8, 4) is 0 Å². The molecule has 18 heavy (non-hydrogen) atoms. The molecular weight excluding hydrogens is 226 g/mol. The number of allylic oxidation sites excluding steroid dienone is 1. The molecule has 0 N–H and O–H groups in total. The summed E-state index contributed by atoms with van der Waals surface area (Å²) in [4.78, 5) is 24.9. The number of hydrogen-bond donors (Lipinski definition) is 0. The third kappa shape index (κ3) is 3.09. The smallest absolute Gasteiger partial charge is 0.253 e. The molecule has 0 unspecified atom stereocenters. The number of carbonyl (C=O) groups excluding carboxylic acids is 2. The summed E-state index contributed by atoms with van der Waals surface area (Å²) in [6.07, 6.45) is 13.7. The highest BCUT2D eigenvalue weighted by Gasteiger charge is 2.25. The largest absolute Gasteiger partial charge is 0.275 e. The minimum atomic E-state index is -0.190. The molecule has 3 nitrogen and oxygen atoms in total. The van der Waals surface area contributed by atoms with Crippen LogP contribution in [0.4, 0.5) is 0 Å². The Hall–Kier alpha value is -1.38. The molecule has 0 bridgehead atoms. The highest BCUT2D eigenvalue weighted by Crippen LogP contribution is 2.36. The Morgan fingerprint density at radius 1 is 1.33 bits per heavy atom. The second kappa shape index (κ2) is 5.51. The molecule has 1 heterocycles. The molecule has 0 spiro atoms. The fourth-order valence-electron chi connectivity index (χ4n) is 2.70. The van der Waals surface area contributed by atoms with Gasteiger partial charge in [-0.1, -0.05) is 38.3 Å². The van der Waals surface area contributed by atoms with Crippen molar-refractivity contribution in [3.05, 3.63) is 24.3 Å². The summed E-state index contributed by atoms with van der Waals surface area (Å²) in [5, 5.41) is 0. The maximum Gasteiger partial charge on any atom is 0.253 e. The molecule has 0 atom stereocenters. The second-order valence-corrected chi connectivity index (χ2v) is 5.57. The zero-order valence-electron chi connectivity index (χ0n) is 11.0. The number of imide groups is 1. The van der Waals surface area contributed by atoms with Gasteiger partial charge in [0.15, 0.2) is 0 Å². The van der Waals surface area contributed by atoms with Crippen LogP contribution in [0, 0.1) is 5.41 Å². The van der Waals surface area contributed by atoms with E-state index in [-0.39, 0.29) is 17.2 Å². The summed E-state index contributed by atoms with van der Waals surface area (Å²) < 4.78 is 0. The first-order valence-corrected chi connectivity index (χ1v) is 6.82. The van der Waals surface area contributed by atoms with Crippen LogP contribution in [-0.2, 0) is 9.59 Å². The highest BCUT2D eigenvalue weighted by molar-refractivity contribution is 6.05. The van der Waals surface area contributed by atoms with Crippen molar-refractivity contribution in [1.29, 1.82) is 0 Å². The molecular formula is C15H21NO2. The average molecular weight is 247 g/mol. The predicted molar refractivity (Wildman–Crippen MR) is 70.8 cm³/mol. The fourth-order valence-corrected chi connectivity index (χ4v) is 2.70. The zero-order valence-corrected chi connectivity index (χ0v) is 11.0. The van der Waals surface area contributed by atoms with Crippen LogP contribution in [0.15, 0.2) is 24.3 Å². The summed E-state index contributed by atoms with van der Waals surface area (Å²) in [6, 6.07) is 0. The van der Waals surface area contributed by atoms with Gasteiger partial charge in [0, 0.05) is 12.6 Å². The number of hydrogen-bond acceptors (Lipinski definition) is 2. The number of amides is 2. The van der Waals surface area contributed by atoms with Crippen molar-refractivity contribution in [2.24, 2.45) is 5.41 Å². The van der Waals surface area contributed by atoms with Gasteiger partial charge in [0.2, 0.25) is 0 Å². The van der Waals surface area contributed by atoms with E-state index in [1.54, 1.807) is 6.08 Å². The molecule has 1 saturated carbocycles. The van der Waals surface area contributed by atoms with Gasteiger partial charge in [0.05, 0.1) is 0 Å². The molecule has 1 aliphatic heterocycles. The quantitative estimate of drug-likeness (QED) is 0.704. The number of nitrogens with zero attached hydrogens (tertiary/aromatic N) is 1. The van der Waals surface area contributed by atoms with Gasteiger partial charge in [-0.05, 0) is 30.8 Å². The first kappa shape index (κ1) is 13.1. The summed E-state index contributed by atoms with van der Waals surface area (Å²) >= 11 is 0. The Balaban J connectivity index is 1.98. The third-order valence-corrected chi connectivity index (χ3v) is 3.94. The molecule has 2 amide bonds. The molecule has 1 aliphatic carbocycles. The van der Waals surface area contributed by atoms with Crippen LogP contribution in [0.25, 0.3) is 0 Å². The lowest BCUT2D eigenvalue weighted by atomic mass is 9.75. The van der Waals surface area contributed by atoms with Crippen LogP contribution in [-0.4, -0.2) is 23.3 Å². The normalized spacial score (nSPS) is 23.6. The second-order valence-electron chi connectivity index (χ2n) is 5.57. The van der Waals surface area contributed by atoms with E-state index in [0.717, 1.165) is 19.3 Å². The topological polar surface area (TPSA) is 37.4 Å². The van der Waals surface area contributed by atoms with E-state index in [4.69, 9.17) is 0 Å². The summed E-state index contributed by atoms with van der Waals surface area (Å²) in [7, 11) is 0. The van der Waals surface area contributed by atoms with E-state index in [1.807, 2.05) is 12.2 Å². The van der Waals surface area contributed by atoms with Gasteiger partial charge < -0.3 is 0 Å². The van der Waals surface area contributed by atoms with Crippen LogP contribution >= 0.6 is 0 Å². The van der Waals surface area contributed by atoms with Crippen LogP contribution in [0.2, 0.25) is 0 Å². The van der Waals surface area contributed by atoms with E-state index in [9.17, 15) is 9.59 Å². The third-order valence-electron chi connectivity index (χ3n) is 3.94. The van der Waals surface area contributed by atoms with E-state index in [0.29, 0.717) is 6.54 Å². The molecule has 98 valence electrons. The van der Waals surface area contributed by atoms with Crippen molar-refractivity contribution < 1.29 is 9.59 Å². The van der Waals surface area contributed by atoms with Crippen LogP contribution in [0.3, 0.4) is 0 Å². The Morgan fingerprint density at radius 2 is 2.06 bits per heavy atom. The molecule has 0 aromatic carbocycles. The minimum absolute atomic E-state index is 0.141. The zero-order chi connectivity index (χ0) is 13.0. The van der Waals surface area contributed by atoms with E-state index < -0.39 is 0 Å². The van der Waals surface area contributed by atoms with Crippen LogP contribution < -0.4 is 0 Å². The van der Waals surface area contributed by atoms with Crippen LogP contribution in [0.5, 0.6) is 0 Å². The number of rotatable bonds is 2. The first-order valence-electron chi connectivity index (χ1n) is 6.82. The van der Waals surface area contributed by atoms with E-state index >= 15 is 0 Å². The summed E-state index contributed by atoms with van der Waals surface area (Å²) in [5.74, 6) is -0.360. The minimum Gasteiger partial charge on any atom is -0.275 e. The summed E-state index contributed by atoms with van der Waals surface area (Å²) in [5.41, 5.74) is 0.141. The van der Waals surface area contributed by atoms with Gasteiger partial charge in [-0.2, -0.15) is 0 Å². The summed E-state index contributed by atoms with van der Waals surface area (Å²) in [6.45, 7) is 2.71. The lowest BCUT2D eigenvalue weighted by molar-refractivity contribution is -0.139. The maximum atomic E-state index is 12.0. The lowest BCUT2D eigenvalue weighted by Crippen LogP contribution is -2.37. The lowest BCUT2D eigenvalue weighted by Gasteiger charge is -2.30. The average Bonchev–Trinajstić information content (AvgIpc) is 2.38. The Labute approximate surface area is 109 Å².